The van der Waals surface area contributed by atoms with Gasteiger partial charge in [-0.2, -0.15) is 0 Å². The Hall–Kier alpha value is -2.02. The molecule has 3 rings (SSSR count). The normalized spacial score (nSPS) is 11.2. The van der Waals surface area contributed by atoms with Gasteiger partial charge in [0.2, 0.25) is 0 Å². The third kappa shape index (κ3) is 3.87. The Morgan fingerprint density at radius 3 is 2.69 bits per heavy atom. The summed E-state index contributed by atoms with van der Waals surface area (Å²) in [6, 6.07) is 7.38. The molecule has 136 valence electrons. The molecule has 0 aliphatic carbocycles. The number of aromatic nitrogens is 2. The van der Waals surface area contributed by atoms with E-state index in [1.807, 2.05) is 17.5 Å². The molecule has 0 aliphatic rings. The summed E-state index contributed by atoms with van der Waals surface area (Å²) in [6.07, 6.45) is 0.821. The van der Waals surface area contributed by atoms with Crippen LogP contribution in [0.2, 0.25) is 5.02 Å². The molecule has 0 saturated heterocycles. The van der Waals surface area contributed by atoms with Crippen molar-refractivity contribution in [2.45, 2.75) is 26.3 Å². The molecule has 0 bridgehead atoms. The molecule has 2 aromatic heterocycles. The average Bonchev–Trinajstić information content (AvgIpc) is 3.04. The summed E-state index contributed by atoms with van der Waals surface area (Å²) < 4.78 is 6.74. The van der Waals surface area contributed by atoms with Gasteiger partial charge in [-0.15, -0.1) is 11.3 Å². The number of fused-ring (bicyclic) bond motifs is 1. The number of hydrogen-bond acceptors (Lipinski definition) is 5. The van der Waals surface area contributed by atoms with Gasteiger partial charge in [-0.25, -0.2) is 4.98 Å². The lowest BCUT2D eigenvalue weighted by molar-refractivity contribution is -0.117. The van der Waals surface area contributed by atoms with Crippen LogP contribution < -0.4 is 5.56 Å². The Morgan fingerprint density at radius 2 is 2.04 bits per heavy atom. The Labute approximate surface area is 160 Å². The quantitative estimate of drug-likeness (QED) is 0.613. The van der Waals surface area contributed by atoms with E-state index in [0.717, 1.165) is 11.1 Å². The van der Waals surface area contributed by atoms with Crippen molar-refractivity contribution in [3.05, 3.63) is 50.8 Å². The fourth-order valence-electron chi connectivity index (χ4n) is 2.79. The molecule has 0 N–H and O–H groups in total. The second-order valence-electron chi connectivity index (χ2n) is 6.02. The third-order valence-corrected chi connectivity index (χ3v) is 5.27. The molecule has 0 spiro atoms. The first kappa shape index (κ1) is 18.8. The summed E-state index contributed by atoms with van der Waals surface area (Å²) in [5.74, 6) is 0.688. The van der Waals surface area contributed by atoms with Crippen molar-refractivity contribution in [2.75, 3.05) is 13.7 Å². The minimum Gasteiger partial charge on any atom is -0.384 e. The van der Waals surface area contributed by atoms with E-state index in [1.54, 1.807) is 23.8 Å². The lowest BCUT2D eigenvalue weighted by Gasteiger charge is -2.12. The van der Waals surface area contributed by atoms with Crippen molar-refractivity contribution in [2.24, 2.45) is 0 Å². The fraction of sp³-hybridized carbons (Fsp3) is 0.316. The van der Waals surface area contributed by atoms with Crippen molar-refractivity contribution < 1.29 is 9.53 Å². The number of hydrogen-bond donors (Lipinski definition) is 0. The van der Waals surface area contributed by atoms with Gasteiger partial charge in [0.15, 0.2) is 0 Å². The molecule has 0 saturated carbocycles. The number of carbonyl (C=O) groups excluding carboxylic acids is 1. The Morgan fingerprint density at radius 1 is 1.31 bits per heavy atom. The van der Waals surface area contributed by atoms with Crippen molar-refractivity contribution in [1.29, 1.82) is 0 Å². The number of methoxy groups -OCH3 is 1. The first-order valence-corrected chi connectivity index (χ1v) is 9.52. The summed E-state index contributed by atoms with van der Waals surface area (Å²) in [7, 11) is 1.61. The molecule has 0 fully saturated rings. The number of Topliss-reactive ketones (excluding diaryl/α,β-unsaturated/α-hetero) is 1. The number of rotatable bonds is 7. The lowest BCUT2D eigenvalue weighted by Crippen LogP contribution is -2.26. The molecule has 2 heterocycles. The van der Waals surface area contributed by atoms with Crippen molar-refractivity contribution in [1.82, 2.24) is 9.55 Å². The van der Waals surface area contributed by atoms with Crippen LogP contribution in [0.5, 0.6) is 0 Å². The summed E-state index contributed by atoms with van der Waals surface area (Å²) in [6.45, 7) is 2.31. The van der Waals surface area contributed by atoms with Crippen LogP contribution in [0.3, 0.4) is 0 Å². The van der Waals surface area contributed by atoms with Crippen LogP contribution in [0.15, 0.2) is 34.4 Å². The standard InChI is InChI=1S/C19H19ClN2O3S/c1-12(23)7-9-22-16(8-10-25-2)21-18-17(19(22)24)15(11-26-18)13-3-5-14(20)6-4-13/h3-6,11H,7-10H2,1-2H3. The number of ether oxygens (including phenoxy) is 1. The van der Waals surface area contributed by atoms with E-state index in [1.165, 1.54) is 18.3 Å². The smallest absolute Gasteiger partial charge is 0.262 e. The number of nitrogens with zero attached hydrogens (tertiary/aromatic N) is 2. The summed E-state index contributed by atoms with van der Waals surface area (Å²) in [4.78, 5) is 30.0. The van der Waals surface area contributed by atoms with Crippen molar-refractivity contribution >= 4 is 38.9 Å². The minimum absolute atomic E-state index is 0.0398. The van der Waals surface area contributed by atoms with E-state index in [0.29, 0.717) is 47.1 Å². The number of benzene rings is 1. The highest BCUT2D eigenvalue weighted by atomic mass is 35.5. The first-order valence-electron chi connectivity index (χ1n) is 8.26. The molecule has 0 unspecified atom stereocenters. The van der Waals surface area contributed by atoms with Crippen molar-refractivity contribution in [3.8, 4) is 11.1 Å². The zero-order chi connectivity index (χ0) is 18.7. The van der Waals surface area contributed by atoms with Crippen LogP contribution >= 0.6 is 22.9 Å². The SMILES string of the molecule is COCCc1nc2scc(-c3ccc(Cl)cc3)c2c(=O)n1CCC(C)=O. The van der Waals surface area contributed by atoms with Gasteiger partial charge in [0.05, 0.1) is 12.0 Å². The van der Waals surface area contributed by atoms with Gasteiger partial charge in [-0.1, -0.05) is 23.7 Å². The zero-order valence-corrected chi connectivity index (χ0v) is 16.2. The molecule has 0 aliphatic heterocycles. The second kappa shape index (κ2) is 8.12. The molecule has 3 aromatic rings. The molecular formula is C19H19ClN2O3S. The maximum absolute atomic E-state index is 13.2. The minimum atomic E-state index is -0.117. The van der Waals surface area contributed by atoms with Gasteiger partial charge in [0.1, 0.15) is 16.4 Å². The molecule has 0 amide bonds. The Bertz CT molecular complexity index is 992. The van der Waals surface area contributed by atoms with Gasteiger partial charge >= 0.3 is 0 Å². The van der Waals surface area contributed by atoms with E-state index in [2.05, 4.69) is 4.98 Å². The van der Waals surface area contributed by atoms with Gasteiger partial charge < -0.3 is 4.74 Å². The van der Waals surface area contributed by atoms with E-state index >= 15 is 0 Å². The van der Waals surface area contributed by atoms with Gasteiger partial charge in [0, 0.05) is 42.5 Å². The highest BCUT2D eigenvalue weighted by Gasteiger charge is 2.17. The molecule has 5 nitrogen and oxygen atoms in total. The number of carbonyl (C=O) groups is 1. The molecule has 1 aromatic carbocycles. The fourth-order valence-corrected chi connectivity index (χ4v) is 3.87. The molecule has 0 atom stereocenters. The Kier molecular flexibility index (Phi) is 5.86. The van der Waals surface area contributed by atoms with Crippen LogP contribution in [-0.2, 0) is 22.5 Å². The topological polar surface area (TPSA) is 61.2 Å². The van der Waals surface area contributed by atoms with E-state index in [-0.39, 0.29) is 11.3 Å². The number of ketones is 1. The van der Waals surface area contributed by atoms with Crippen molar-refractivity contribution in [3.63, 3.8) is 0 Å². The maximum Gasteiger partial charge on any atom is 0.262 e. The molecular weight excluding hydrogens is 372 g/mol. The van der Waals surface area contributed by atoms with E-state index < -0.39 is 0 Å². The Balaban J connectivity index is 2.16. The number of thiophene rings is 1. The highest BCUT2D eigenvalue weighted by Crippen LogP contribution is 2.31. The van der Waals surface area contributed by atoms with Crippen LogP contribution in [0.4, 0.5) is 0 Å². The predicted octanol–water partition coefficient (Wildman–Crippen LogP) is 3.95. The summed E-state index contributed by atoms with van der Waals surface area (Å²) in [5, 5.41) is 3.17. The summed E-state index contributed by atoms with van der Waals surface area (Å²) in [5.41, 5.74) is 1.64. The van der Waals surface area contributed by atoms with Gasteiger partial charge in [-0.05, 0) is 24.6 Å². The highest BCUT2D eigenvalue weighted by molar-refractivity contribution is 7.17. The van der Waals surface area contributed by atoms with Gasteiger partial charge in [-0.3, -0.25) is 14.2 Å². The third-order valence-electron chi connectivity index (χ3n) is 4.15. The summed E-state index contributed by atoms with van der Waals surface area (Å²) >= 11 is 7.41. The lowest BCUT2D eigenvalue weighted by atomic mass is 10.1. The second-order valence-corrected chi connectivity index (χ2v) is 7.31. The average molecular weight is 391 g/mol. The monoisotopic (exact) mass is 390 g/mol. The zero-order valence-electron chi connectivity index (χ0n) is 14.6. The molecule has 0 radical (unpaired) electrons. The van der Waals surface area contributed by atoms with Crippen LogP contribution in [-0.4, -0.2) is 29.1 Å². The first-order chi connectivity index (χ1) is 12.5. The van der Waals surface area contributed by atoms with Crippen LogP contribution in [0.25, 0.3) is 21.3 Å². The van der Waals surface area contributed by atoms with Crippen LogP contribution in [0.1, 0.15) is 19.2 Å². The van der Waals surface area contributed by atoms with Gasteiger partial charge in [0.25, 0.3) is 5.56 Å². The maximum atomic E-state index is 13.2. The molecule has 7 heteroatoms. The van der Waals surface area contributed by atoms with Crippen LogP contribution in [0, 0.1) is 0 Å². The molecule has 26 heavy (non-hydrogen) atoms. The van der Waals surface area contributed by atoms with E-state index in [9.17, 15) is 9.59 Å². The number of halogens is 1. The predicted molar refractivity (Wildman–Crippen MR) is 105 cm³/mol. The largest absolute Gasteiger partial charge is 0.384 e. The van der Waals surface area contributed by atoms with E-state index in [4.69, 9.17) is 16.3 Å².